The molecule has 0 bridgehead atoms. The molecule has 0 radical (unpaired) electrons. The van der Waals surface area contributed by atoms with Crippen LogP contribution in [0.1, 0.15) is 43.1 Å². The van der Waals surface area contributed by atoms with E-state index >= 15 is 0 Å². The number of ether oxygens (including phenoxy) is 2. The number of carbonyl (C=O) groups excluding carboxylic acids is 2. The van der Waals surface area contributed by atoms with Gasteiger partial charge in [0.25, 0.3) is 0 Å². The molecule has 0 aliphatic carbocycles. The highest BCUT2D eigenvalue weighted by molar-refractivity contribution is 6.02. The molecule has 0 saturated heterocycles. The first-order valence-corrected chi connectivity index (χ1v) is 9.01. The number of hydrogen-bond acceptors (Lipinski definition) is 4. The van der Waals surface area contributed by atoms with Crippen LogP contribution in [0.25, 0.3) is 6.08 Å². The molecule has 2 aromatic rings. The lowest BCUT2D eigenvalue weighted by Crippen LogP contribution is -2.12. The molecular weight excluding hydrogens is 342 g/mol. The maximum atomic E-state index is 12.1. The van der Waals surface area contributed by atoms with Gasteiger partial charge in [-0.2, -0.15) is 0 Å². The molecule has 1 N–H and O–H groups in total. The number of benzene rings is 2. The summed E-state index contributed by atoms with van der Waals surface area (Å²) in [5.74, 6) is 0.0978. The third kappa shape index (κ3) is 6.62. The second-order valence-electron chi connectivity index (χ2n) is 6.24. The fraction of sp³-hybridized carbons (Fsp3) is 0.273. The van der Waals surface area contributed by atoms with Gasteiger partial charge in [-0.05, 0) is 56.7 Å². The highest BCUT2D eigenvalue weighted by Crippen LogP contribution is 2.20. The van der Waals surface area contributed by atoms with Crippen molar-refractivity contribution in [2.45, 2.75) is 33.3 Å². The Morgan fingerprint density at radius 2 is 1.78 bits per heavy atom. The number of carbonyl (C=O) groups is 2. The molecule has 0 heterocycles. The van der Waals surface area contributed by atoms with Gasteiger partial charge in [-0.3, -0.25) is 4.79 Å². The van der Waals surface area contributed by atoms with Crippen molar-refractivity contribution in [1.82, 2.24) is 0 Å². The fourth-order valence-corrected chi connectivity index (χ4v) is 2.28. The number of para-hydroxylation sites is 1. The van der Waals surface area contributed by atoms with Gasteiger partial charge in [0.2, 0.25) is 5.91 Å². The molecule has 2 aromatic carbocycles. The third-order valence-corrected chi connectivity index (χ3v) is 3.53. The van der Waals surface area contributed by atoms with E-state index in [0.29, 0.717) is 17.9 Å². The minimum atomic E-state index is -0.383. The van der Waals surface area contributed by atoms with E-state index < -0.39 is 0 Å². The van der Waals surface area contributed by atoms with Crippen LogP contribution in [0.2, 0.25) is 0 Å². The van der Waals surface area contributed by atoms with Crippen LogP contribution in [-0.2, 0) is 9.53 Å². The minimum absolute atomic E-state index is 0.175. The monoisotopic (exact) mass is 367 g/mol. The molecule has 0 aliphatic rings. The highest BCUT2D eigenvalue weighted by Gasteiger charge is 2.09. The van der Waals surface area contributed by atoms with Crippen LogP contribution in [0.3, 0.4) is 0 Å². The van der Waals surface area contributed by atoms with E-state index in [9.17, 15) is 9.59 Å². The SMILES string of the molecule is CCCOc1ccccc1/C=C/C(=O)Nc1ccc(C(=O)OC(C)C)cc1. The zero-order valence-corrected chi connectivity index (χ0v) is 15.9. The molecule has 0 fully saturated rings. The lowest BCUT2D eigenvalue weighted by Gasteiger charge is -2.09. The van der Waals surface area contributed by atoms with Crippen molar-refractivity contribution in [3.05, 3.63) is 65.7 Å². The zero-order valence-electron chi connectivity index (χ0n) is 15.9. The van der Waals surface area contributed by atoms with Crippen LogP contribution in [0.4, 0.5) is 5.69 Å². The van der Waals surface area contributed by atoms with Gasteiger partial charge in [0.15, 0.2) is 0 Å². The molecule has 1 amide bonds. The lowest BCUT2D eigenvalue weighted by molar-refractivity contribution is -0.111. The quantitative estimate of drug-likeness (QED) is 0.543. The molecule has 5 nitrogen and oxygen atoms in total. The Labute approximate surface area is 160 Å². The second kappa shape index (κ2) is 10.2. The van der Waals surface area contributed by atoms with Gasteiger partial charge < -0.3 is 14.8 Å². The summed E-state index contributed by atoms with van der Waals surface area (Å²) in [6.07, 6.45) is 3.91. The van der Waals surface area contributed by atoms with Crippen LogP contribution in [0.5, 0.6) is 5.75 Å². The molecule has 0 spiro atoms. The second-order valence-corrected chi connectivity index (χ2v) is 6.24. The lowest BCUT2D eigenvalue weighted by atomic mass is 10.2. The van der Waals surface area contributed by atoms with Crippen molar-refractivity contribution in [3.8, 4) is 5.75 Å². The first-order chi connectivity index (χ1) is 13.0. The summed E-state index contributed by atoms with van der Waals surface area (Å²) >= 11 is 0. The van der Waals surface area contributed by atoms with Crippen molar-refractivity contribution in [1.29, 1.82) is 0 Å². The van der Waals surface area contributed by atoms with Gasteiger partial charge in [0, 0.05) is 17.3 Å². The molecule has 0 unspecified atom stereocenters. The van der Waals surface area contributed by atoms with Gasteiger partial charge in [0.05, 0.1) is 18.3 Å². The molecule has 0 saturated carbocycles. The predicted octanol–water partition coefficient (Wildman–Crippen LogP) is 4.69. The van der Waals surface area contributed by atoms with Crippen LogP contribution in [0, 0.1) is 0 Å². The summed E-state index contributed by atoms with van der Waals surface area (Å²) < 4.78 is 10.8. The summed E-state index contributed by atoms with van der Waals surface area (Å²) in [5.41, 5.74) is 1.88. The van der Waals surface area contributed by atoms with Crippen LogP contribution >= 0.6 is 0 Å². The summed E-state index contributed by atoms with van der Waals surface area (Å²) in [6, 6.07) is 14.1. The van der Waals surface area contributed by atoms with Crippen LogP contribution in [-0.4, -0.2) is 24.6 Å². The Morgan fingerprint density at radius 1 is 1.07 bits per heavy atom. The Bertz CT molecular complexity index is 794. The molecule has 0 atom stereocenters. The minimum Gasteiger partial charge on any atom is -0.493 e. The largest absolute Gasteiger partial charge is 0.493 e. The van der Waals surface area contributed by atoms with Crippen molar-refractivity contribution in [2.24, 2.45) is 0 Å². The van der Waals surface area contributed by atoms with Gasteiger partial charge in [0.1, 0.15) is 5.75 Å². The Hall–Kier alpha value is -3.08. The Balaban J connectivity index is 1.98. The van der Waals surface area contributed by atoms with E-state index in [-0.39, 0.29) is 18.0 Å². The van der Waals surface area contributed by atoms with Gasteiger partial charge >= 0.3 is 5.97 Å². The van der Waals surface area contributed by atoms with E-state index in [1.54, 1.807) is 44.2 Å². The maximum absolute atomic E-state index is 12.1. The summed E-state index contributed by atoms with van der Waals surface area (Å²) in [7, 11) is 0. The number of rotatable bonds is 8. The Kier molecular flexibility index (Phi) is 7.62. The van der Waals surface area contributed by atoms with Crippen molar-refractivity contribution in [2.75, 3.05) is 11.9 Å². The molecule has 0 aromatic heterocycles. The fourth-order valence-electron chi connectivity index (χ4n) is 2.28. The summed E-state index contributed by atoms with van der Waals surface area (Å²) in [5, 5.41) is 2.76. The molecular formula is C22H25NO4. The predicted molar refractivity (Wildman–Crippen MR) is 107 cm³/mol. The summed E-state index contributed by atoms with van der Waals surface area (Å²) in [6.45, 7) is 6.26. The zero-order chi connectivity index (χ0) is 19.6. The third-order valence-electron chi connectivity index (χ3n) is 3.53. The van der Waals surface area contributed by atoms with Crippen molar-refractivity contribution in [3.63, 3.8) is 0 Å². The molecule has 0 aliphatic heterocycles. The molecule has 27 heavy (non-hydrogen) atoms. The van der Waals surface area contributed by atoms with Crippen molar-refractivity contribution < 1.29 is 19.1 Å². The number of amides is 1. The average Bonchev–Trinajstić information content (AvgIpc) is 2.65. The normalized spacial score (nSPS) is 10.8. The van der Waals surface area contributed by atoms with Crippen LogP contribution in [0.15, 0.2) is 54.6 Å². The van der Waals surface area contributed by atoms with E-state index in [1.807, 2.05) is 31.2 Å². The summed E-state index contributed by atoms with van der Waals surface area (Å²) in [4.78, 5) is 24.0. The Morgan fingerprint density at radius 3 is 2.44 bits per heavy atom. The van der Waals surface area contributed by atoms with Gasteiger partial charge in [-0.1, -0.05) is 25.1 Å². The van der Waals surface area contributed by atoms with E-state index in [2.05, 4.69) is 5.32 Å². The van der Waals surface area contributed by atoms with E-state index in [0.717, 1.165) is 17.7 Å². The van der Waals surface area contributed by atoms with E-state index in [1.165, 1.54) is 6.08 Å². The van der Waals surface area contributed by atoms with Crippen LogP contribution < -0.4 is 10.1 Å². The number of nitrogens with one attached hydrogen (secondary N) is 1. The topological polar surface area (TPSA) is 64.6 Å². The molecule has 142 valence electrons. The van der Waals surface area contributed by atoms with Crippen molar-refractivity contribution >= 4 is 23.6 Å². The van der Waals surface area contributed by atoms with E-state index in [4.69, 9.17) is 9.47 Å². The van der Waals surface area contributed by atoms with Gasteiger partial charge in [-0.15, -0.1) is 0 Å². The molecule has 5 heteroatoms. The van der Waals surface area contributed by atoms with Gasteiger partial charge in [-0.25, -0.2) is 4.79 Å². The first kappa shape index (κ1) is 20.2. The average molecular weight is 367 g/mol. The highest BCUT2D eigenvalue weighted by atomic mass is 16.5. The molecule has 2 rings (SSSR count). The number of esters is 1. The first-order valence-electron chi connectivity index (χ1n) is 9.01. The smallest absolute Gasteiger partial charge is 0.338 e. The number of anilines is 1. The standard InChI is InChI=1S/C22H25NO4/c1-4-15-26-20-8-6-5-7-17(20)11-14-21(24)23-19-12-9-18(10-13-19)22(25)27-16(2)3/h5-14,16H,4,15H2,1-3H3,(H,23,24)/b14-11+. The maximum Gasteiger partial charge on any atom is 0.338 e. The number of hydrogen-bond donors (Lipinski definition) is 1.